The van der Waals surface area contributed by atoms with Gasteiger partial charge in [0.2, 0.25) is 0 Å². The van der Waals surface area contributed by atoms with Gasteiger partial charge in [0, 0.05) is 22.8 Å². The Morgan fingerprint density at radius 2 is 1.96 bits per heavy atom. The number of hydrogen-bond acceptors (Lipinski definition) is 3. The van der Waals surface area contributed by atoms with Gasteiger partial charge in [0.25, 0.3) is 5.91 Å². The van der Waals surface area contributed by atoms with Crippen molar-refractivity contribution in [2.75, 3.05) is 14.2 Å². The minimum absolute atomic E-state index is 0.201. The predicted molar refractivity (Wildman–Crippen MR) is 95.7 cm³/mol. The second kappa shape index (κ2) is 8.47. The van der Waals surface area contributed by atoms with E-state index in [0.29, 0.717) is 23.5 Å². The zero-order chi connectivity index (χ0) is 19.3. The lowest BCUT2D eigenvalue weighted by Crippen LogP contribution is -2.27. The van der Waals surface area contributed by atoms with E-state index in [1.807, 2.05) is 0 Å². The highest BCUT2D eigenvalue weighted by atomic mass is 19.1. The summed E-state index contributed by atoms with van der Waals surface area (Å²) in [6.07, 6.45) is 2.18. The second-order valence-electron chi connectivity index (χ2n) is 5.72. The molecule has 2 aromatic rings. The van der Waals surface area contributed by atoms with Gasteiger partial charge in [0.1, 0.15) is 11.6 Å². The zero-order valence-corrected chi connectivity index (χ0v) is 14.9. The number of carbonyl (C=O) groups is 1. The van der Waals surface area contributed by atoms with Gasteiger partial charge in [0.15, 0.2) is 11.5 Å². The topological polar surface area (TPSA) is 47.6 Å². The molecule has 0 radical (unpaired) electrons. The maximum absolute atomic E-state index is 13.9. The molecule has 0 saturated carbocycles. The van der Waals surface area contributed by atoms with Crippen molar-refractivity contribution in [2.24, 2.45) is 0 Å². The average molecular weight is 361 g/mol. The van der Waals surface area contributed by atoms with E-state index in [0.717, 1.165) is 17.7 Å². The number of nitrogens with one attached hydrogen (secondary N) is 1. The summed E-state index contributed by atoms with van der Waals surface area (Å²) in [6.45, 7) is 5.32. The fourth-order valence-corrected chi connectivity index (χ4v) is 2.69. The SMILES string of the molecule is C=CCc1cc(C(=O)N[C@H](C)c2ccc(F)cc2F)cc(OC)c1OC. The van der Waals surface area contributed by atoms with Gasteiger partial charge in [-0.2, -0.15) is 0 Å². The number of halogens is 2. The number of amides is 1. The molecule has 0 saturated heterocycles. The normalized spacial score (nSPS) is 11.6. The first kappa shape index (κ1) is 19.4. The average Bonchev–Trinajstić information content (AvgIpc) is 2.60. The van der Waals surface area contributed by atoms with Gasteiger partial charge in [-0.25, -0.2) is 8.78 Å². The Balaban J connectivity index is 2.31. The van der Waals surface area contributed by atoms with E-state index in [1.54, 1.807) is 25.1 Å². The Morgan fingerprint density at radius 3 is 2.54 bits per heavy atom. The molecule has 0 spiro atoms. The molecular formula is C20H21F2NO3. The van der Waals surface area contributed by atoms with Crippen molar-refractivity contribution in [2.45, 2.75) is 19.4 Å². The summed E-state index contributed by atoms with van der Waals surface area (Å²) in [6, 6.07) is 5.84. The maximum atomic E-state index is 13.9. The van der Waals surface area contributed by atoms with Crippen molar-refractivity contribution in [1.82, 2.24) is 5.32 Å². The van der Waals surface area contributed by atoms with Gasteiger partial charge >= 0.3 is 0 Å². The first-order valence-corrected chi connectivity index (χ1v) is 8.02. The van der Waals surface area contributed by atoms with E-state index in [2.05, 4.69) is 11.9 Å². The molecule has 6 heteroatoms. The number of allylic oxidation sites excluding steroid dienone is 1. The van der Waals surface area contributed by atoms with Gasteiger partial charge in [-0.3, -0.25) is 4.79 Å². The van der Waals surface area contributed by atoms with E-state index >= 15 is 0 Å². The molecule has 0 fully saturated rings. The molecule has 0 aliphatic heterocycles. The molecule has 1 N–H and O–H groups in total. The summed E-state index contributed by atoms with van der Waals surface area (Å²) in [5, 5.41) is 2.71. The lowest BCUT2D eigenvalue weighted by atomic mass is 10.0. The highest BCUT2D eigenvalue weighted by Crippen LogP contribution is 2.33. The minimum atomic E-state index is -0.711. The molecule has 0 aromatic heterocycles. The van der Waals surface area contributed by atoms with Gasteiger partial charge in [-0.05, 0) is 31.5 Å². The van der Waals surface area contributed by atoms with Crippen LogP contribution in [0.5, 0.6) is 11.5 Å². The number of methoxy groups -OCH3 is 2. The number of benzene rings is 2. The molecule has 0 aliphatic carbocycles. The lowest BCUT2D eigenvalue weighted by molar-refractivity contribution is 0.0939. The lowest BCUT2D eigenvalue weighted by Gasteiger charge is -2.17. The summed E-state index contributed by atoms with van der Waals surface area (Å²) in [7, 11) is 3.00. The van der Waals surface area contributed by atoms with Crippen LogP contribution in [0.3, 0.4) is 0 Å². The summed E-state index contributed by atoms with van der Waals surface area (Å²) < 4.78 is 37.6. The molecule has 1 atom stereocenters. The molecule has 2 aromatic carbocycles. The third kappa shape index (κ3) is 4.20. The summed E-state index contributed by atoms with van der Waals surface area (Å²) in [5.41, 5.74) is 1.29. The summed E-state index contributed by atoms with van der Waals surface area (Å²) in [5.74, 6) is -0.845. The molecular weight excluding hydrogens is 340 g/mol. The van der Waals surface area contributed by atoms with Crippen LogP contribution in [-0.4, -0.2) is 20.1 Å². The van der Waals surface area contributed by atoms with E-state index in [4.69, 9.17) is 9.47 Å². The molecule has 138 valence electrons. The molecule has 1 amide bonds. The van der Waals surface area contributed by atoms with Gasteiger partial charge < -0.3 is 14.8 Å². The van der Waals surface area contributed by atoms with E-state index < -0.39 is 23.6 Å². The largest absolute Gasteiger partial charge is 0.493 e. The Labute approximate surface area is 151 Å². The quantitative estimate of drug-likeness (QED) is 0.752. The highest BCUT2D eigenvalue weighted by molar-refractivity contribution is 5.95. The summed E-state index contributed by atoms with van der Waals surface area (Å²) in [4.78, 5) is 12.6. The first-order valence-electron chi connectivity index (χ1n) is 8.02. The van der Waals surface area contributed by atoms with Gasteiger partial charge in [-0.15, -0.1) is 6.58 Å². The van der Waals surface area contributed by atoms with Crippen LogP contribution in [0.2, 0.25) is 0 Å². The molecule has 4 nitrogen and oxygen atoms in total. The van der Waals surface area contributed by atoms with Crippen molar-refractivity contribution in [3.8, 4) is 11.5 Å². The van der Waals surface area contributed by atoms with E-state index in [-0.39, 0.29) is 5.56 Å². The molecule has 0 aliphatic rings. The number of rotatable bonds is 7. The van der Waals surface area contributed by atoms with Crippen LogP contribution in [0.4, 0.5) is 8.78 Å². The number of carbonyl (C=O) groups excluding carboxylic acids is 1. The van der Waals surface area contributed by atoms with Crippen LogP contribution in [0.15, 0.2) is 43.0 Å². The fourth-order valence-electron chi connectivity index (χ4n) is 2.69. The van der Waals surface area contributed by atoms with Crippen LogP contribution < -0.4 is 14.8 Å². The number of ether oxygens (including phenoxy) is 2. The van der Waals surface area contributed by atoms with Crippen molar-refractivity contribution in [1.29, 1.82) is 0 Å². The van der Waals surface area contributed by atoms with E-state index in [1.165, 1.54) is 20.3 Å². The van der Waals surface area contributed by atoms with Crippen molar-refractivity contribution < 1.29 is 23.0 Å². The predicted octanol–water partition coefficient (Wildman–Crippen LogP) is 4.20. The van der Waals surface area contributed by atoms with E-state index in [9.17, 15) is 13.6 Å². The Kier molecular flexibility index (Phi) is 6.33. The second-order valence-corrected chi connectivity index (χ2v) is 5.72. The number of hydrogen-bond donors (Lipinski definition) is 1. The summed E-state index contributed by atoms with van der Waals surface area (Å²) >= 11 is 0. The molecule has 0 unspecified atom stereocenters. The van der Waals surface area contributed by atoms with Crippen LogP contribution in [0.1, 0.15) is 34.5 Å². The molecule has 0 heterocycles. The standard InChI is InChI=1S/C20H21F2NO3/c1-5-6-13-9-14(10-18(25-3)19(13)26-4)20(24)23-12(2)16-8-7-15(21)11-17(16)22/h5,7-12H,1,6H2,2-4H3,(H,23,24)/t12-/m1/s1. The van der Waals surface area contributed by atoms with Crippen LogP contribution in [0.25, 0.3) is 0 Å². The first-order chi connectivity index (χ1) is 12.4. The third-order valence-electron chi connectivity index (χ3n) is 3.96. The van der Waals surface area contributed by atoms with Crippen molar-refractivity contribution >= 4 is 5.91 Å². The van der Waals surface area contributed by atoms with Gasteiger partial charge in [0.05, 0.1) is 20.3 Å². The zero-order valence-electron chi connectivity index (χ0n) is 14.9. The molecule has 0 bridgehead atoms. The van der Waals surface area contributed by atoms with Crippen molar-refractivity contribution in [3.63, 3.8) is 0 Å². The Morgan fingerprint density at radius 1 is 1.23 bits per heavy atom. The molecule has 26 heavy (non-hydrogen) atoms. The van der Waals surface area contributed by atoms with Crippen LogP contribution >= 0.6 is 0 Å². The third-order valence-corrected chi connectivity index (χ3v) is 3.96. The minimum Gasteiger partial charge on any atom is -0.493 e. The monoisotopic (exact) mass is 361 g/mol. The maximum Gasteiger partial charge on any atom is 0.251 e. The fraction of sp³-hybridized carbons (Fsp3) is 0.250. The van der Waals surface area contributed by atoms with Crippen LogP contribution in [0, 0.1) is 11.6 Å². The smallest absolute Gasteiger partial charge is 0.251 e. The highest BCUT2D eigenvalue weighted by Gasteiger charge is 2.19. The van der Waals surface area contributed by atoms with Crippen LogP contribution in [-0.2, 0) is 6.42 Å². The van der Waals surface area contributed by atoms with Gasteiger partial charge in [-0.1, -0.05) is 12.1 Å². The molecule has 2 rings (SSSR count). The van der Waals surface area contributed by atoms with Crippen molar-refractivity contribution in [3.05, 3.63) is 71.3 Å². The Hall–Kier alpha value is -2.89. The Bertz CT molecular complexity index is 821.